The molecule has 4 rings (SSSR count). The number of fused-ring (bicyclic) bond motifs is 1. The number of para-hydroxylation sites is 1. The van der Waals surface area contributed by atoms with Gasteiger partial charge in [0, 0.05) is 24.7 Å². The highest BCUT2D eigenvalue weighted by atomic mass is 35.5. The molecule has 0 fully saturated rings. The van der Waals surface area contributed by atoms with Gasteiger partial charge in [-0.1, -0.05) is 23.7 Å². The summed E-state index contributed by atoms with van der Waals surface area (Å²) in [5.41, 5.74) is 3.19. The molecule has 9 heteroatoms. The van der Waals surface area contributed by atoms with E-state index in [2.05, 4.69) is 10.3 Å². The van der Waals surface area contributed by atoms with Crippen LogP contribution in [0.1, 0.15) is 11.1 Å². The van der Waals surface area contributed by atoms with E-state index in [9.17, 15) is 14.3 Å². The number of aliphatic hydroxyl groups excluding tert-OH is 1. The average molecular weight is 442 g/mol. The first kappa shape index (κ1) is 21.0. The average Bonchev–Trinajstić information content (AvgIpc) is 2.74. The van der Waals surface area contributed by atoms with Crippen molar-refractivity contribution < 1.29 is 14.3 Å². The van der Waals surface area contributed by atoms with E-state index in [1.165, 1.54) is 17.0 Å². The lowest BCUT2D eigenvalue weighted by atomic mass is 10.00. The van der Waals surface area contributed by atoms with Crippen LogP contribution < -0.4 is 15.1 Å². The summed E-state index contributed by atoms with van der Waals surface area (Å²) in [5.74, 6) is 0.386. The second-order valence-corrected chi connectivity index (χ2v) is 7.63. The number of aromatic nitrogens is 2. The zero-order valence-corrected chi connectivity index (χ0v) is 17.8. The molecule has 31 heavy (non-hydrogen) atoms. The number of hydrogen-bond acceptors (Lipinski definition) is 5. The molecular formula is C22H21ClFN5O2. The number of halogens is 2. The van der Waals surface area contributed by atoms with Crippen LogP contribution >= 0.6 is 11.6 Å². The topological polar surface area (TPSA) is 81.6 Å². The number of nitrogens with one attached hydrogen (secondary N) is 1. The monoisotopic (exact) mass is 441 g/mol. The second-order valence-electron chi connectivity index (χ2n) is 7.22. The number of aliphatic hydroxyl groups is 1. The minimum atomic E-state index is -0.364. The zero-order chi connectivity index (χ0) is 22.1. The maximum Gasteiger partial charge on any atom is 0.328 e. The normalized spacial score (nSPS) is 13.1. The van der Waals surface area contributed by atoms with Crippen LogP contribution in [0.25, 0.3) is 11.3 Å². The minimum absolute atomic E-state index is 0.0867. The van der Waals surface area contributed by atoms with Crippen molar-refractivity contribution in [3.05, 3.63) is 64.4 Å². The molecule has 2 aromatic carbocycles. The predicted molar refractivity (Wildman–Crippen MR) is 118 cm³/mol. The second kappa shape index (κ2) is 8.49. The van der Waals surface area contributed by atoms with Gasteiger partial charge in [-0.15, -0.1) is 0 Å². The van der Waals surface area contributed by atoms with E-state index in [1.807, 2.05) is 0 Å². The van der Waals surface area contributed by atoms with Crippen LogP contribution in [-0.4, -0.2) is 41.3 Å². The van der Waals surface area contributed by atoms with Crippen LogP contribution in [-0.2, 0) is 6.54 Å². The van der Waals surface area contributed by atoms with E-state index in [-0.39, 0.29) is 25.0 Å². The Morgan fingerprint density at radius 2 is 2.03 bits per heavy atom. The molecule has 2 amide bonds. The number of carbonyl (C=O) groups excluding carboxylic acids is 1. The van der Waals surface area contributed by atoms with Crippen molar-refractivity contribution in [2.45, 2.75) is 13.5 Å². The molecule has 2 heterocycles. The van der Waals surface area contributed by atoms with Gasteiger partial charge in [-0.05, 0) is 42.8 Å². The van der Waals surface area contributed by atoms with Gasteiger partial charge in [0.15, 0.2) is 5.82 Å². The molecule has 3 aromatic rings. The third-order valence-electron chi connectivity index (χ3n) is 5.12. The number of likely N-dealkylation sites (N-methyl/N-ethyl adjacent to an activating group) is 1. The van der Waals surface area contributed by atoms with E-state index < -0.39 is 0 Å². The third kappa shape index (κ3) is 3.92. The van der Waals surface area contributed by atoms with Crippen molar-refractivity contribution >= 4 is 35.1 Å². The first-order valence-electron chi connectivity index (χ1n) is 9.72. The summed E-state index contributed by atoms with van der Waals surface area (Å²) in [6.45, 7) is 2.23. The molecule has 0 aliphatic carbocycles. The Morgan fingerprint density at radius 3 is 2.74 bits per heavy atom. The first-order valence-corrected chi connectivity index (χ1v) is 10.1. The van der Waals surface area contributed by atoms with Crippen LogP contribution in [0, 0.1) is 12.7 Å². The maximum absolute atomic E-state index is 13.7. The van der Waals surface area contributed by atoms with E-state index in [4.69, 9.17) is 16.6 Å². The lowest BCUT2D eigenvalue weighted by molar-refractivity contribution is 0.247. The van der Waals surface area contributed by atoms with E-state index in [0.717, 1.165) is 5.56 Å². The summed E-state index contributed by atoms with van der Waals surface area (Å²) in [7, 11) is 1.75. The number of hydrogen-bond donors (Lipinski definition) is 2. The van der Waals surface area contributed by atoms with Crippen molar-refractivity contribution in [3.63, 3.8) is 0 Å². The summed E-state index contributed by atoms with van der Waals surface area (Å²) in [5, 5.41) is 12.6. The zero-order valence-electron chi connectivity index (χ0n) is 17.1. The SMILES string of the molecule is Cc1cc(F)ccc1-c1nc(N(C)CCO)nc2c1CNC(=O)N2c1ccccc1Cl. The summed E-state index contributed by atoms with van der Waals surface area (Å²) >= 11 is 6.39. The highest BCUT2D eigenvalue weighted by Gasteiger charge is 2.32. The number of benzene rings is 2. The van der Waals surface area contributed by atoms with Gasteiger partial charge in [-0.2, -0.15) is 4.98 Å². The highest BCUT2D eigenvalue weighted by Crippen LogP contribution is 2.39. The Bertz CT molecular complexity index is 1160. The molecule has 2 N–H and O–H groups in total. The lowest BCUT2D eigenvalue weighted by Gasteiger charge is -2.32. The van der Waals surface area contributed by atoms with E-state index in [1.54, 1.807) is 49.2 Å². The van der Waals surface area contributed by atoms with Crippen molar-refractivity contribution in [2.24, 2.45) is 0 Å². The Labute approximate surface area is 184 Å². The van der Waals surface area contributed by atoms with E-state index in [0.29, 0.717) is 45.8 Å². The van der Waals surface area contributed by atoms with Gasteiger partial charge in [-0.3, -0.25) is 0 Å². The van der Waals surface area contributed by atoms with Gasteiger partial charge in [0.1, 0.15) is 5.82 Å². The number of nitrogens with zero attached hydrogens (tertiary/aromatic N) is 4. The van der Waals surface area contributed by atoms with Crippen molar-refractivity contribution in [1.29, 1.82) is 0 Å². The Kier molecular flexibility index (Phi) is 5.75. The van der Waals surface area contributed by atoms with Crippen LogP contribution in [0.3, 0.4) is 0 Å². The van der Waals surface area contributed by atoms with Gasteiger partial charge in [0.2, 0.25) is 5.95 Å². The van der Waals surface area contributed by atoms with Crippen LogP contribution in [0.5, 0.6) is 0 Å². The molecule has 0 radical (unpaired) electrons. The molecular weight excluding hydrogens is 421 g/mol. The van der Waals surface area contributed by atoms with Gasteiger partial charge >= 0.3 is 6.03 Å². The molecule has 0 atom stereocenters. The number of amides is 2. The highest BCUT2D eigenvalue weighted by molar-refractivity contribution is 6.34. The smallest absolute Gasteiger partial charge is 0.328 e. The summed E-state index contributed by atoms with van der Waals surface area (Å²) in [6.07, 6.45) is 0. The van der Waals surface area contributed by atoms with Crippen molar-refractivity contribution in [3.8, 4) is 11.3 Å². The number of urea groups is 1. The fraction of sp³-hybridized carbons (Fsp3) is 0.227. The lowest BCUT2D eigenvalue weighted by Crippen LogP contribution is -2.42. The van der Waals surface area contributed by atoms with E-state index >= 15 is 0 Å². The number of rotatable bonds is 5. The van der Waals surface area contributed by atoms with Crippen molar-refractivity contribution in [1.82, 2.24) is 15.3 Å². The van der Waals surface area contributed by atoms with Gasteiger partial charge < -0.3 is 15.3 Å². The fourth-order valence-corrected chi connectivity index (χ4v) is 3.76. The first-order chi connectivity index (χ1) is 14.9. The Hall–Kier alpha value is -3.23. The van der Waals surface area contributed by atoms with Gasteiger partial charge in [0.05, 0.1) is 29.6 Å². The van der Waals surface area contributed by atoms with Crippen LogP contribution in [0.4, 0.5) is 26.6 Å². The molecule has 7 nitrogen and oxygen atoms in total. The predicted octanol–water partition coefficient (Wildman–Crippen LogP) is 4.03. The minimum Gasteiger partial charge on any atom is -0.395 e. The Morgan fingerprint density at radius 1 is 1.26 bits per heavy atom. The molecule has 0 unspecified atom stereocenters. The largest absolute Gasteiger partial charge is 0.395 e. The summed E-state index contributed by atoms with van der Waals surface area (Å²) in [4.78, 5) is 25.3. The molecule has 1 aromatic heterocycles. The number of anilines is 3. The quantitative estimate of drug-likeness (QED) is 0.624. The molecule has 1 aliphatic heterocycles. The molecule has 0 bridgehead atoms. The Balaban J connectivity index is 1.98. The van der Waals surface area contributed by atoms with Crippen LogP contribution in [0.2, 0.25) is 5.02 Å². The third-order valence-corrected chi connectivity index (χ3v) is 5.44. The summed E-state index contributed by atoms with van der Waals surface area (Å²) < 4.78 is 13.7. The van der Waals surface area contributed by atoms with Crippen LogP contribution in [0.15, 0.2) is 42.5 Å². The molecule has 0 spiro atoms. The standard InChI is InChI=1S/C22H21ClFN5O2/c1-13-11-14(24)7-8-15(13)19-16-12-25-22(31)29(18-6-4-3-5-17(18)23)20(16)27-21(26-19)28(2)9-10-30/h3-8,11,30H,9-10,12H2,1-2H3,(H,25,31). The molecule has 0 saturated carbocycles. The van der Waals surface area contributed by atoms with Gasteiger partial charge in [-0.25, -0.2) is 19.1 Å². The number of carbonyl (C=O) groups is 1. The molecule has 0 saturated heterocycles. The number of aryl methyl sites for hydroxylation is 1. The maximum atomic E-state index is 13.7. The molecule has 160 valence electrons. The summed E-state index contributed by atoms with van der Waals surface area (Å²) in [6, 6.07) is 11.1. The van der Waals surface area contributed by atoms with Crippen molar-refractivity contribution in [2.75, 3.05) is 30.0 Å². The van der Waals surface area contributed by atoms with Gasteiger partial charge in [0.25, 0.3) is 0 Å². The molecule has 1 aliphatic rings. The fourth-order valence-electron chi connectivity index (χ4n) is 3.54.